The molecule has 0 radical (unpaired) electrons. The summed E-state index contributed by atoms with van der Waals surface area (Å²) in [4.78, 5) is 35.4. The van der Waals surface area contributed by atoms with Gasteiger partial charge in [-0.15, -0.1) is 0 Å². The zero-order chi connectivity index (χ0) is 22.6. The van der Waals surface area contributed by atoms with Crippen molar-refractivity contribution in [2.24, 2.45) is 0 Å². The molecule has 0 aliphatic rings. The minimum Gasteiger partial charge on any atom is -0.462 e. The Morgan fingerprint density at radius 3 is 2.13 bits per heavy atom. The lowest BCUT2D eigenvalue weighted by Crippen LogP contribution is -2.14. The summed E-state index contributed by atoms with van der Waals surface area (Å²) < 4.78 is 10.7. The van der Waals surface area contributed by atoms with Gasteiger partial charge in [-0.25, -0.2) is 9.59 Å². The molecule has 0 atom stereocenters. The number of nitro benzene ring substituents is 1. The van der Waals surface area contributed by atoms with Crippen molar-refractivity contribution in [1.29, 1.82) is 0 Å². The van der Waals surface area contributed by atoms with Crippen LogP contribution in [0.4, 0.5) is 5.69 Å². The van der Waals surface area contributed by atoms with Crippen LogP contribution in [0.2, 0.25) is 0 Å². The molecule has 2 aromatic carbocycles. The first-order valence-electron chi connectivity index (χ1n) is 10.6. The van der Waals surface area contributed by atoms with E-state index in [1.54, 1.807) is 31.2 Å². The van der Waals surface area contributed by atoms with E-state index in [9.17, 15) is 19.7 Å². The Morgan fingerprint density at radius 2 is 1.52 bits per heavy atom. The third-order valence-electron chi connectivity index (χ3n) is 4.93. The van der Waals surface area contributed by atoms with Gasteiger partial charge in [0.2, 0.25) is 0 Å². The second-order valence-electron chi connectivity index (χ2n) is 7.40. The maximum atomic E-state index is 12.5. The van der Waals surface area contributed by atoms with Crippen LogP contribution in [-0.2, 0) is 16.1 Å². The number of rotatable bonds is 12. The molecule has 0 saturated heterocycles. The standard InChI is InChI=1S/C24H29NO6/c1-3-4-5-6-7-10-15-30-23(26)20-11-8-9-12-21(20)24(27)31-17-19-13-14-22(25(28)29)18(2)16-19/h8-9,11-14,16H,3-7,10,15,17H2,1-2H3. The highest BCUT2D eigenvalue weighted by Crippen LogP contribution is 2.20. The molecule has 0 bridgehead atoms. The van der Waals surface area contributed by atoms with Crippen molar-refractivity contribution in [2.75, 3.05) is 6.61 Å². The fourth-order valence-electron chi connectivity index (χ4n) is 3.20. The second-order valence-corrected chi connectivity index (χ2v) is 7.40. The number of benzene rings is 2. The summed E-state index contributed by atoms with van der Waals surface area (Å²) in [5, 5.41) is 10.9. The van der Waals surface area contributed by atoms with E-state index in [1.165, 1.54) is 37.5 Å². The van der Waals surface area contributed by atoms with Crippen molar-refractivity contribution < 1.29 is 24.0 Å². The van der Waals surface area contributed by atoms with Crippen molar-refractivity contribution in [1.82, 2.24) is 0 Å². The fraction of sp³-hybridized carbons (Fsp3) is 0.417. The average molecular weight is 427 g/mol. The van der Waals surface area contributed by atoms with Gasteiger partial charge in [-0.3, -0.25) is 10.1 Å². The Morgan fingerprint density at radius 1 is 0.903 bits per heavy atom. The number of aryl methyl sites for hydroxylation is 1. The maximum absolute atomic E-state index is 12.5. The summed E-state index contributed by atoms with van der Waals surface area (Å²) in [5.41, 5.74) is 1.41. The smallest absolute Gasteiger partial charge is 0.339 e. The largest absolute Gasteiger partial charge is 0.462 e. The summed E-state index contributed by atoms with van der Waals surface area (Å²) in [6.45, 7) is 4.05. The average Bonchev–Trinajstić information content (AvgIpc) is 2.76. The first kappa shape index (κ1) is 24.1. The van der Waals surface area contributed by atoms with Crippen molar-refractivity contribution in [3.05, 3.63) is 74.8 Å². The SMILES string of the molecule is CCCCCCCCOC(=O)c1ccccc1C(=O)OCc1ccc([N+](=O)[O-])c(C)c1. The van der Waals surface area contributed by atoms with E-state index in [-0.39, 0.29) is 23.4 Å². The Bertz CT molecular complexity index is 909. The van der Waals surface area contributed by atoms with E-state index in [1.807, 2.05) is 0 Å². The Hall–Kier alpha value is -3.22. The van der Waals surface area contributed by atoms with Crippen LogP contribution >= 0.6 is 0 Å². The predicted octanol–water partition coefficient (Wildman–Crippen LogP) is 5.78. The molecule has 0 spiro atoms. The van der Waals surface area contributed by atoms with Gasteiger partial charge in [0.05, 0.1) is 22.7 Å². The number of nitrogens with zero attached hydrogens (tertiary/aromatic N) is 1. The summed E-state index contributed by atoms with van der Waals surface area (Å²) in [6.07, 6.45) is 6.51. The van der Waals surface area contributed by atoms with Gasteiger partial charge in [0.1, 0.15) is 6.61 Å². The van der Waals surface area contributed by atoms with Crippen molar-refractivity contribution >= 4 is 17.6 Å². The van der Waals surface area contributed by atoms with Crippen LogP contribution in [0.15, 0.2) is 42.5 Å². The topological polar surface area (TPSA) is 95.7 Å². The molecular weight excluding hydrogens is 398 g/mol. The first-order chi connectivity index (χ1) is 14.9. The zero-order valence-corrected chi connectivity index (χ0v) is 18.1. The van der Waals surface area contributed by atoms with E-state index in [2.05, 4.69) is 6.92 Å². The van der Waals surface area contributed by atoms with E-state index < -0.39 is 16.9 Å². The molecule has 166 valence electrons. The number of carbonyl (C=O) groups is 2. The van der Waals surface area contributed by atoms with Crippen LogP contribution in [0, 0.1) is 17.0 Å². The normalized spacial score (nSPS) is 10.5. The fourth-order valence-corrected chi connectivity index (χ4v) is 3.20. The quantitative estimate of drug-likeness (QED) is 0.184. The molecular formula is C24H29NO6. The molecule has 0 amide bonds. The minimum atomic E-state index is -0.650. The molecule has 0 aromatic heterocycles. The van der Waals surface area contributed by atoms with Crippen LogP contribution in [0.25, 0.3) is 0 Å². The lowest BCUT2D eigenvalue weighted by atomic mass is 10.1. The highest BCUT2D eigenvalue weighted by molar-refractivity contribution is 6.03. The van der Waals surface area contributed by atoms with Gasteiger partial charge in [0.25, 0.3) is 5.69 Å². The van der Waals surface area contributed by atoms with Crippen molar-refractivity contribution in [2.45, 2.75) is 59.0 Å². The molecule has 7 nitrogen and oxygen atoms in total. The molecule has 2 rings (SSSR count). The molecule has 0 heterocycles. The number of hydrogen-bond donors (Lipinski definition) is 0. The molecule has 0 N–H and O–H groups in total. The maximum Gasteiger partial charge on any atom is 0.339 e. The Kier molecular flexibility index (Phi) is 9.68. The van der Waals surface area contributed by atoms with E-state index in [0.29, 0.717) is 17.7 Å². The van der Waals surface area contributed by atoms with Crippen LogP contribution < -0.4 is 0 Å². The first-order valence-corrected chi connectivity index (χ1v) is 10.6. The molecule has 0 unspecified atom stereocenters. The molecule has 0 aliphatic heterocycles. The monoisotopic (exact) mass is 427 g/mol. The second kappa shape index (κ2) is 12.5. The number of carbonyl (C=O) groups excluding carboxylic acids is 2. The van der Waals surface area contributed by atoms with Gasteiger partial charge in [0, 0.05) is 11.6 Å². The number of unbranched alkanes of at least 4 members (excludes halogenated alkanes) is 5. The number of esters is 2. The zero-order valence-electron chi connectivity index (χ0n) is 18.1. The van der Waals surface area contributed by atoms with E-state index >= 15 is 0 Å². The van der Waals surface area contributed by atoms with Gasteiger partial charge >= 0.3 is 11.9 Å². The molecule has 0 fully saturated rings. The third-order valence-corrected chi connectivity index (χ3v) is 4.93. The summed E-state index contributed by atoms with van der Waals surface area (Å²) in [5.74, 6) is -1.20. The lowest BCUT2D eigenvalue weighted by Gasteiger charge is -2.10. The molecule has 31 heavy (non-hydrogen) atoms. The molecule has 7 heteroatoms. The summed E-state index contributed by atoms with van der Waals surface area (Å²) in [6, 6.07) is 10.9. The number of hydrogen-bond acceptors (Lipinski definition) is 6. The van der Waals surface area contributed by atoms with Crippen LogP contribution in [0.5, 0.6) is 0 Å². The predicted molar refractivity (Wildman–Crippen MR) is 117 cm³/mol. The van der Waals surface area contributed by atoms with Crippen LogP contribution in [0.3, 0.4) is 0 Å². The van der Waals surface area contributed by atoms with Crippen molar-refractivity contribution in [3.8, 4) is 0 Å². The molecule has 0 saturated carbocycles. The Balaban J connectivity index is 1.91. The minimum absolute atomic E-state index is 0.00790. The van der Waals surface area contributed by atoms with Gasteiger partial charge in [-0.05, 0) is 43.2 Å². The van der Waals surface area contributed by atoms with Gasteiger partial charge in [-0.2, -0.15) is 0 Å². The third kappa shape index (κ3) is 7.51. The summed E-state index contributed by atoms with van der Waals surface area (Å²) in [7, 11) is 0. The van der Waals surface area contributed by atoms with E-state index in [0.717, 1.165) is 19.3 Å². The number of ether oxygens (including phenoxy) is 2. The van der Waals surface area contributed by atoms with Gasteiger partial charge in [-0.1, -0.05) is 51.2 Å². The molecule has 2 aromatic rings. The van der Waals surface area contributed by atoms with Crippen molar-refractivity contribution in [3.63, 3.8) is 0 Å². The van der Waals surface area contributed by atoms with E-state index in [4.69, 9.17) is 9.47 Å². The van der Waals surface area contributed by atoms with Gasteiger partial charge in [0.15, 0.2) is 0 Å². The summed E-state index contributed by atoms with van der Waals surface area (Å²) >= 11 is 0. The van der Waals surface area contributed by atoms with Crippen LogP contribution in [0.1, 0.15) is 77.3 Å². The lowest BCUT2D eigenvalue weighted by molar-refractivity contribution is -0.385. The highest BCUT2D eigenvalue weighted by atomic mass is 16.6. The number of nitro groups is 1. The van der Waals surface area contributed by atoms with Crippen LogP contribution in [-0.4, -0.2) is 23.5 Å². The Labute approximate surface area is 182 Å². The highest BCUT2D eigenvalue weighted by Gasteiger charge is 2.19. The molecule has 0 aliphatic carbocycles. The van der Waals surface area contributed by atoms with Gasteiger partial charge < -0.3 is 9.47 Å².